The lowest BCUT2D eigenvalue weighted by Gasteiger charge is -2.23. The Hall–Kier alpha value is -5.68. The molecule has 50 heavy (non-hydrogen) atoms. The number of carboxylic acid groups (broad SMARTS) is 2. The molecule has 1 unspecified atom stereocenters. The van der Waals surface area contributed by atoms with Crippen LogP contribution < -0.4 is 10.2 Å². The summed E-state index contributed by atoms with van der Waals surface area (Å²) < 4.78 is 15.5. The Morgan fingerprint density at radius 2 is 1.02 bits per heavy atom. The lowest BCUT2D eigenvalue weighted by Crippen LogP contribution is -2.35. The van der Waals surface area contributed by atoms with E-state index in [1.165, 1.54) is 7.11 Å². The van der Waals surface area contributed by atoms with Crippen molar-refractivity contribution in [2.24, 2.45) is 9.98 Å². The molecule has 11 nitrogen and oxygen atoms in total. The van der Waals surface area contributed by atoms with E-state index in [1.54, 1.807) is 13.8 Å². The van der Waals surface area contributed by atoms with E-state index in [2.05, 4.69) is 22.1 Å². The van der Waals surface area contributed by atoms with Gasteiger partial charge in [0, 0.05) is 32.2 Å². The zero-order chi connectivity index (χ0) is 35.8. The Labute approximate surface area is 290 Å². The first-order chi connectivity index (χ1) is 24.1. The van der Waals surface area contributed by atoms with Crippen LogP contribution in [0.1, 0.15) is 54.4 Å². The highest BCUT2D eigenvalue weighted by Gasteiger charge is 2.29. The number of ether oxygens (including phenoxy) is 3. The van der Waals surface area contributed by atoms with Crippen molar-refractivity contribution in [3.05, 3.63) is 119 Å². The van der Waals surface area contributed by atoms with Crippen molar-refractivity contribution in [3.8, 4) is 22.3 Å². The molecular formula is C39H38N2O9-2. The Balaban J connectivity index is 0.000000195. The van der Waals surface area contributed by atoms with Gasteiger partial charge in [0.2, 0.25) is 0 Å². The van der Waals surface area contributed by atoms with Crippen LogP contribution in [0.25, 0.3) is 22.3 Å². The van der Waals surface area contributed by atoms with Crippen LogP contribution in [0.5, 0.6) is 0 Å². The maximum Gasteiger partial charge on any atom is 0.331 e. The van der Waals surface area contributed by atoms with Crippen LogP contribution in [0, 0.1) is 0 Å². The number of hydrogen-bond acceptors (Lipinski definition) is 9. The first-order valence-corrected chi connectivity index (χ1v) is 16.2. The van der Waals surface area contributed by atoms with Gasteiger partial charge in [-0.25, -0.2) is 9.59 Å². The van der Waals surface area contributed by atoms with Crippen molar-refractivity contribution in [2.75, 3.05) is 20.3 Å². The smallest absolute Gasteiger partial charge is 0.331 e. The van der Waals surface area contributed by atoms with E-state index in [4.69, 9.17) is 19.3 Å². The van der Waals surface area contributed by atoms with E-state index in [9.17, 15) is 24.9 Å². The number of benzene rings is 4. The molecule has 4 aromatic rings. The molecule has 2 aliphatic rings. The number of rotatable bonds is 11. The zero-order valence-corrected chi connectivity index (χ0v) is 27.9. The molecule has 0 saturated heterocycles. The molecule has 0 radical (unpaired) electrons. The van der Waals surface area contributed by atoms with Crippen molar-refractivity contribution < 1.29 is 44.2 Å². The van der Waals surface area contributed by atoms with Gasteiger partial charge in [0.05, 0.1) is 6.10 Å². The monoisotopic (exact) mass is 678 g/mol. The quantitative estimate of drug-likeness (QED) is 0.172. The summed E-state index contributed by atoms with van der Waals surface area (Å²) in [6, 6.07) is 29.7. The molecule has 0 aliphatic heterocycles. The molecule has 260 valence electrons. The molecular weight excluding hydrogens is 640 g/mol. The SMILES string of the molecule is CC[C@H](N=C([O-])OCC1c2ccccc2-c2ccccc21)C(=O)O.COC(C)[C@@H](N=C([O-])OCC1c2ccccc2-c2ccccc21)C(=O)O. The Morgan fingerprint density at radius 1 is 0.660 bits per heavy atom. The molecule has 11 heteroatoms. The summed E-state index contributed by atoms with van der Waals surface area (Å²) in [6.07, 6.45) is -2.21. The van der Waals surface area contributed by atoms with Gasteiger partial charge in [0.25, 0.3) is 0 Å². The topological polar surface area (TPSA) is 173 Å². The average molecular weight is 679 g/mol. The van der Waals surface area contributed by atoms with E-state index in [0.29, 0.717) is 0 Å². The largest absolute Gasteiger partial charge is 0.599 e. The second-order valence-electron chi connectivity index (χ2n) is 11.9. The first-order valence-electron chi connectivity index (χ1n) is 16.2. The highest BCUT2D eigenvalue weighted by molar-refractivity contribution is 5.81. The number of carboxylic acids is 2. The van der Waals surface area contributed by atoms with Crippen molar-refractivity contribution >= 4 is 24.1 Å². The highest BCUT2D eigenvalue weighted by atomic mass is 16.6. The minimum Gasteiger partial charge on any atom is -0.599 e. The molecule has 4 aromatic carbocycles. The van der Waals surface area contributed by atoms with Crippen LogP contribution >= 0.6 is 0 Å². The minimum atomic E-state index is -1.30. The van der Waals surface area contributed by atoms with E-state index in [0.717, 1.165) is 44.5 Å². The molecule has 2 aliphatic carbocycles. The number of aliphatic imine (C=N–C) groups is 2. The van der Waals surface area contributed by atoms with E-state index < -0.39 is 42.3 Å². The van der Waals surface area contributed by atoms with Gasteiger partial charge >= 0.3 is 11.9 Å². The average Bonchev–Trinajstić information content (AvgIpc) is 3.63. The molecule has 0 amide bonds. The molecule has 0 fully saturated rings. The Bertz CT molecular complexity index is 1800. The van der Waals surface area contributed by atoms with Gasteiger partial charge < -0.3 is 34.6 Å². The molecule has 0 spiro atoms. The van der Waals surface area contributed by atoms with Crippen molar-refractivity contribution in [1.82, 2.24) is 0 Å². The maximum atomic E-state index is 12.1. The van der Waals surface area contributed by atoms with Crippen LogP contribution in [-0.4, -0.2) is 72.8 Å². The van der Waals surface area contributed by atoms with Crippen LogP contribution in [0.3, 0.4) is 0 Å². The zero-order valence-electron chi connectivity index (χ0n) is 27.9. The number of aliphatic carboxylic acids is 2. The molecule has 3 atom stereocenters. The van der Waals surface area contributed by atoms with Gasteiger partial charge in [0.15, 0.2) is 6.04 Å². The minimum absolute atomic E-state index is 0.0542. The van der Waals surface area contributed by atoms with E-state index >= 15 is 0 Å². The summed E-state index contributed by atoms with van der Waals surface area (Å²) in [5.74, 6) is -2.50. The summed E-state index contributed by atoms with van der Waals surface area (Å²) in [5.41, 5.74) is 8.91. The third kappa shape index (κ3) is 7.79. The lowest BCUT2D eigenvalue weighted by atomic mass is 9.98. The third-order valence-electron chi connectivity index (χ3n) is 8.92. The van der Waals surface area contributed by atoms with Gasteiger partial charge in [-0.1, -0.05) is 104 Å². The predicted octanol–water partition coefficient (Wildman–Crippen LogP) is 4.41. The first kappa shape index (κ1) is 35.6. The van der Waals surface area contributed by atoms with Gasteiger partial charge in [-0.05, 0) is 57.9 Å². The van der Waals surface area contributed by atoms with Crippen molar-refractivity contribution in [2.45, 2.75) is 50.3 Å². The third-order valence-corrected chi connectivity index (χ3v) is 8.92. The van der Waals surface area contributed by atoms with Crippen molar-refractivity contribution in [3.63, 3.8) is 0 Å². The van der Waals surface area contributed by atoms with Gasteiger partial charge in [-0.3, -0.25) is 9.98 Å². The van der Waals surface area contributed by atoms with Gasteiger partial charge in [-0.15, -0.1) is 0 Å². The van der Waals surface area contributed by atoms with E-state index in [-0.39, 0.29) is 31.5 Å². The van der Waals surface area contributed by atoms with Gasteiger partial charge in [0.1, 0.15) is 18.2 Å². The molecule has 0 aromatic heterocycles. The fraction of sp³-hybridized carbons (Fsp3) is 0.282. The van der Waals surface area contributed by atoms with Gasteiger partial charge in [-0.2, -0.15) is 0 Å². The molecule has 0 bridgehead atoms. The normalized spacial score (nSPS) is 15.3. The van der Waals surface area contributed by atoms with Crippen LogP contribution in [-0.2, 0) is 23.8 Å². The number of methoxy groups -OCH3 is 1. The lowest BCUT2D eigenvalue weighted by molar-refractivity contribution is -0.252. The van der Waals surface area contributed by atoms with E-state index in [1.807, 2.05) is 84.9 Å². The number of nitrogens with zero attached hydrogens (tertiary/aromatic N) is 2. The molecule has 2 N–H and O–H groups in total. The van der Waals surface area contributed by atoms with Crippen LogP contribution in [0.15, 0.2) is 107 Å². The molecule has 0 heterocycles. The summed E-state index contributed by atoms with van der Waals surface area (Å²) in [5, 5.41) is 42.0. The molecule has 6 rings (SSSR count). The number of carbonyl (C=O) groups is 2. The summed E-state index contributed by atoms with van der Waals surface area (Å²) in [7, 11) is 1.37. The molecule has 0 saturated carbocycles. The van der Waals surface area contributed by atoms with Crippen LogP contribution in [0.2, 0.25) is 0 Å². The summed E-state index contributed by atoms with van der Waals surface area (Å²) >= 11 is 0. The summed E-state index contributed by atoms with van der Waals surface area (Å²) in [4.78, 5) is 29.4. The fourth-order valence-corrected chi connectivity index (χ4v) is 6.31. The Kier molecular flexibility index (Phi) is 11.5. The second kappa shape index (κ2) is 16.1. The van der Waals surface area contributed by atoms with Crippen LogP contribution in [0.4, 0.5) is 0 Å². The summed E-state index contributed by atoms with van der Waals surface area (Å²) in [6.45, 7) is 3.45. The second-order valence-corrected chi connectivity index (χ2v) is 11.9. The number of hydrogen-bond donors (Lipinski definition) is 2. The van der Waals surface area contributed by atoms with Crippen molar-refractivity contribution in [1.29, 1.82) is 0 Å². The fourth-order valence-electron chi connectivity index (χ4n) is 6.31. The maximum absolute atomic E-state index is 12.1. The number of fused-ring (bicyclic) bond motifs is 6. The standard InChI is InChI=1S/C20H21NO5.C19H19NO4/c1-12(25-2)18(19(22)23)21-20(24)26-11-17-15-9-5-3-7-13(15)14-8-4-6-10-16(14)17;1-2-17(18(21)22)20-19(23)24-11-16-14-9-5-3-7-12(14)13-8-4-6-10-15(13)16/h3-10,12,17-18H,11H2,1-2H3,(H,21,24)(H,22,23);3-10,16-17H,2,11H2,1H3,(H,20,23)(H,21,22)/p-2/t12?,18-;17-/m10/s1. The Morgan fingerprint density at radius 3 is 1.34 bits per heavy atom. The highest BCUT2D eigenvalue weighted by Crippen LogP contribution is 2.45. The predicted molar refractivity (Wildman–Crippen MR) is 184 cm³/mol.